The normalized spacial score (nSPS) is 14.8. The Labute approximate surface area is 147 Å². The summed E-state index contributed by atoms with van der Waals surface area (Å²) >= 11 is 5.98. The molecule has 2 N–H and O–H groups in total. The van der Waals surface area contributed by atoms with E-state index in [1.54, 1.807) is 13.2 Å². The van der Waals surface area contributed by atoms with E-state index in [4.69, 9.17) is 16.3 Å². The molecule has 3 rings (SSSR count). The van der Waals surface area contributed by atoms with Crippen LogP contribution >= 0.6 is 11.6 Å². The molecule has 2 amide bonds. The minimum Gasteiger partial charge on any atom is -0.497 e. The van der Waals surface area contributed by atoms with E-state index in [-0.39, 0.29) is 11.4 Å². The highest BCUT2D eigenvalue weighted by Gasteiger charge is 2.44. The average molecular weight is 345 g/mol. The number of amides is 2. The molecule has 5 heteroatoms. The molecule has 0 saturated heterocycles. The molecule has 1 saturated carbocycles. The zero-order valence-electron chi connectivity index (χ0n) is 13.9. The van der Waals surface area contributed by atoms with E-state index in [0.29, 0.717) is 11.6 Å². The van der Waals surface area contributed by atoms with Gasteiger partial charge in [0.2, 0.25) is 0 Å². The number of urea groups is 1. The smallest absolute Gasteiger partial charge is 0.319 e. The largest absolute Gasteiger partial charge is 0.497 e. The molecule has 1 aliphatic rings. The van der Waals surface area contributed by atoms with Crippen LogP contribution < -0.4 is 15.4 Å². The lowest BCUT2D eigenvalue weighted by molar-refractivity contribution is 0.251. The maximum atomic E-state index is 12.2. The number of carbonyl (C=O) groups is 1. The van der Waals surface area contributed by atoms with Gasteiger partial charge in [0.1, 0.15) is 5.75 Å². The second-order valence-electron chi connectivity index (χ2n) is 6.28. The Kier molecular flexibility index (Phi) is 4.67. The van der Waals surface area contributed by atoms with Gasteiger partial charge >= 0.3 is 6.03 Å². The third-order valence-corrected chi connectivity index (χ3v) is 4.83. The monoisotopic (exact) mass is 344 g/mol. The first-order chi connectivity index (χ1) is 11.5. The van der Waals surface area contributed by atoms with E-state index >= 15 is 0 Å². The lowest BCUT2D eigenvalue weighted by Crippen LogP contribution is -2.35. The van der Waals surface area contributed by atoms with Gasteiger partial charge in [0, 0.05) is 22.7 Å². The second kappa shape index (κ2) is 6.73. The van der Waals surface area contributed by atoms with E-state index in [0.717, 1.165) is 29.8 Å². The summed E-state index contributed by atoms with van der Waals surface area (Å²) < 4.78 is 5.20. The molecule has 4 nitrogen and oxygen atoms in total. The number of halogens is 1. The molecular formula is C19H21ClN2O2. The third-order valence-electron chi connectivity index (χ3n) is 4.59. The van der Waals surface area contributed by atoms with Crippen molar-refractivity contribution in [1.29, 1.82) is 0 Å². The van der Waals surface area contributed by atoms with Crippen LogP contribution in [0, 0.1) is 6.92 Å². The van der Waals surface area contributed by atoms with Crippen molar-refractivity contribution in [3.8, 4) is 5.75 Å². The van der Waals surface area contributed by atoms with E-state index in [1.165, 1.54) is 5.56 Å². The van der Waals surface area contributed by atoms with Gasteiger partial charge in [0.15, 0.2) is 0 Å². The number of hydrogen-bond donors (Lipinski definition) is 2. The summed E-state index contributed by atoms with van der Waals surface area (Å²) in [7, 11) is 1.66. The summed E-state index contributed by atoms with van der Waals surface area (Å²) in [5.41, 5.74) is 3.00. The summed E-state index contributed by atoms with van der Waals surface area (Å²) in [5.74, 6) is 0.844. The van der Waals surface area contributed by atoms with E-state index in [9.17, 15) is 4.79 Å². The lowest BCUT2D eigenvalue weighted by Gasteiger charge is -2.18. The van der Waals surface area contributed by atoms with Crippen molar-refractivity contribution in [3.05, 3.63) is 58.6 Å². The number of aryl methyl sites for hydroxylation is 1. The number of ether oxygens (including phenoxy) is 1. The predicted molar refractivity (Wildman–Crippen MR) is 97.1 cm³/mol. The zero-order chi connectivity index (χ0) is 17.2. The fourth-order valence-corrected chi connectivity index (χ4v) is 2.98. The number of benzene rings is 2. The Balaban J connectivity index is 1.60. The van der Waals surface area contributed by atoms with Crippen molar-refractivity contribution in [2.75, 3.05) is 19.0 Å². The van der Waals surface area contributed by atoms with Crippen molar-refractivity contribution < 1.29 is 9.53 Å². The van der Waals surface area contributed by atoms with Crippen LogP contribution in [0.3, 0.4) is 0 Å². The lowest BCUT2D eigenvalue weighted by atomic mass is 9.96. The Hall–Kier alpha value is -2.20. The second-order valence-corrected chi connectivity index (χ2v) is 6.71. The highest BCUT2D eigenvalue weighted by molar-refractivity contribution is 6.31. The number of nitrogens with one attached hydrogen (secondary N) is 2. The number of anilines is 1. The summed E-state index contributed by atoms with van der Waals surface area (Å²) in [6, 6.07) is 13.3. The Morgan fingerprint density at radius 1 is 1.21 bits per heavy atom. The van der Waals surface area contributed by atoms with E-state index in [1.807, 2.05) is 31.2 Å². The van der Waals surface area contributed by atoms with Gasteiger partial charge in [-0.15, -0.1) is 0 Å². The van der Waals surface area contributed by atoms with Crippen LogP contribution in [0.5, 0.6) is 5.75 Å². The molecule has 126 valence electrons. The van der Waals surface area contributed by atoms with Crippen molar-refractivity contribution in [3.63, 3.8) is 0 Å². The molecule has 0 aromatic heterocycles. The molecule has 0 aliphatic heterocycles. The highest BCUT2D eigenvalue weighted by Crippen LogP contribution is 2.47. The molecule has 24 heavy (non-hydrogen) atoms. The molecule has 2 aromatic rings. The molecule has 1 aliphatic carbocycles. The van der Waals surface area contributed by atoms with Crippen LogP contribution in [0.4, 0.5) is 10.5 Å². The standard InChI is InChI=1S/C19H21ClN2O2/c1-13-3-6-15(20)11-17(13)22-18(23)21-12-19(9-10-19)14-4-7-16(24-2)8-5-14/h3-8,11H,9-10,12H2,1-2H3,(H2,21,22,23). The Morgan fingerprint density at radius 3 is 2.54 bits per heavy atom. The van der Waals surface area contributed by atoms with Crippen LogP contribution in [0.2, 0.25) is 5.02 Å². The van der Waals surface area contributed by atoms with Crippen molar-refractivity contribution >= 4 is 23.3 Å². The Morgan fingerprint density at radius 2 is 1.92 bits per heavy atom. The van der Waals surface area contributed by atoms with Crippen LogP contribution in [0.1, 0.15) is 24.0 Å². The number of methoxy groups -OCH3 is 1. The quantitative estimate of drug-likeness (QED) is 0.838. The first-order valence-electron chi connectivity index (χ1n) is 7.98. The van der Waals surface area contributed by atoms with Crippen LogP contribution in [-0.4, -0.2) is 19.7 Å². The third kappa shape index (κ3) is 3.65. The van der Waals surface area contributed by atoms with Gasteiger partial charge < -0.3 is 15.4 Å². The number of hydrogen-bond acceptors (Lipinski definition) is 2. The fraction of sp³-hybridized carbons (Fsp3) is 0.316. The van der Waals surface area contributed by atoms with Crippen molar-refractivity contribution in [1.82, 2.24) is 5.32 Å². The van der Waals surface area contributed by atoms with Crippen LogP contribution in [-0.2, 0) is 5.41 Å². The van der Waals surface area contributed by atoms with Crippen molar-refractivity contribution in [2.24, 2.45) is 0 Å². The summed E-state index contributed by atoms with van der Waals surface area (Å²) in [6.45, 7) is 2.55. The minimum atomic E-state index is -0.208. The minimum absolute atomic E-state index is 0.0486. The SMILES string of the molecule is COc1ccc(C2(CNC(=O)Nc3cc(Cl)ccc3C)CC2)cc1. The average Bonchev–Trinajstić information content (AvgIpc) is 3.38. The number of rotatable bonds is 5. The maximum Gasteiger partial charge on any atom is 0.319 e. The summed E-state index contributed by atoms with van der Waals surface area (Å²) in [5, 5.41) is 6.45. The zero-order valence-corrected chi connectivity index (χ0v) is 14.6. The molecule has 0 spiro atoms. The molecule has 1 fully saturated rings. The van der Waals surface area contributed by atoms with Gasteiger partial charge in [-0.3, -0.25) is 0 Å². The maximum absolute atomic E-state index is 12.2. The first kappa shape index (κ1) is 16.7. The topological polar surface area (TPSA) is 50.4 Å². The molecule has 2 aromatic carbocycles. The highest BCUT2D eigenvalue weighted by atomic mass is 35.5. The first-order valence-corrected chi connectivity index (χ1v) is 8.36. The molecule has 0 unspecified atom stereocenters. The van der Waals surface area contributed by atoms with Crippen molar-refractivity contribution in [2.45, 2.75) is 25.2 Å². The van der Waals surface area contributed by atoms with Crippen LogP contribution in [0.25, 0.3) is 0 Å². The van der Waals surface area contributed by atoms with Crippen LogP contribution in [0.15, 0.2) is 42.5 Å². The molecule has 0 atom stereocenters. The van der Waals surface area contributed by atoms with Gasteiger partial charge in [0.05, 0.1) is 7.11 Å². The summed E-state index contributed by atoms with van der Waals surface area (Å²) in [4.78, 5) is 12.2. The van der Waals surface area contributed by atoms with Gasteiger partial charge in [-0.05, 0) is 55.2 Å². The van der Waals surface area contributed by atoms with Gasteiger partial charge in [-0.2, -0.15) is 0 Å². The molecule has 0 radical (unpaired) electrons. The molecule has 0 bridgehead atoms. The van der Waals surface area contributed by atoms with Gasteiger partial charge in [0.25, 0.3) is 0 Å². The van der Waals surface area contributed by atoms with E-state index in [2.05, 4.69) is 22.8 Å². The van der Waals surface area contributed by atoms with Gasteiger partial charge in [-0.25, -0.2) is 4.79 Å². The molecular weight excluding hydrogens is 324 g/mol. The number of carbonyl (C=O) groups excluding carboxylic acids is 1. The predicted octanol–water partition coefficient (Wildman–Crippen LogP) is 4.51. The summed E-state index contributed by atoms with van der Waals surface area (Å²) in [6.07, 6.45) is 2.16. The van der Waals surface area contributed by atoms with Gasteiger partial charge in [-0.1, -0.05) is 29.8 Å². The Bertz CT molecular complexity index is 740. The van der Waals surface area contributed by atoms with E-state index < -0.39 is 0 Å². The fourth-order valence-electron chi connectivity index (χ4n) is 2.81. The molecule has 0 heterocycles.